The molecule has 0 spiro atoms. The summed E-state index contributed by atoms with van der Waals surface area (Å²) in [4.78, 5) is 10.5. The quantitative estimate of drug-likeness (QED) is 0.828. The highest BCUT2D eigenvalue weighted by Gasteiger charge is 2.28. The van der Waals surface area contributed by atoms with E-state index in [0.29, 0.717) is 0 Å². The van der Waals surface area contributed by atoms with Gasteiger partial charge < -0.3 is 5.11 Å². The fourth-order valence-corrected chi connectivity index (χ4v) is 3.77. The third kappa shape index (κ3) is 4.28. The second-order valence-corrected chi connectivity index (χ2v) is 6.67. The van der Waals surface area contributed by atoms with Crippen LogP contribution in [0.4, 0.5) is 0 Å². The predicted molar refractivity (Wildman–Crippen MR) is 77.1 cm³/mol. The molecule has 0 aliphatic carbocycles. The van der Waals surface area contributed by atoms with Crippen LogP contribution in [0.25, 0.3) is 0 Å². The van der Waals surface area contributed by atoms with Crippen molar-refractivity contribution in [2.75, 3.05) is 6.54 Å². The minimum atomic E-state index is -3.82. The lowest BCUT2D eigenvalue weighted by Crippen LogP contribution is -2.38. The van der Waals surface area contributed by atoms with Crippen molar-refractivity contribution in [1.82, 2.24) is 4.31 Å². The van der Waals surface area contributed by atoms with Gasteiger partial charge in [0.2, 0.25) is 10.0 Å². The fourth-order valence-electron chi connectivity index (χ4n) is 1.95. The molecule has 0 aliphatic heterocycles. The van der Waals surface area contributed by atoms with Crippen LogP contribution in [-0.2, 0) is 14.8 Å². The van der Waals surface area contributed by atoms with E-state index in [0.717, 1.165) is 0 Å². The van der Waals surface area contributed by atoms with Crippen LogP contribution in [-0.4, -0.2) is 36.4 Å². The molecule has 0 aliphatic rings. The number of benzene rings is 1. The highest BCUT2D eigenvalue weighted by atomic mass is 32.2. The van der Waals surface area contributed by atoms with Crippen molar-refractivity contribution in [1.29, 1.82) is 5.26 Å². The number of carbonyl (C=O) groups is 1. The Morgan fingerprint density at radius 1 is 1.38 bits per heavy atom. The van der Waals surface area contributed by atoms with E-state index >= 15 is 0 Å². The summed E-state index contributed by atoms with van der Waals surface area (Å²) in [6.07, 6.45) is 0.125. The molecule has 1 aromatic rings. The summed E-state index contributed by atoms with van der Waals surface area (Å²) >= 11 is 0. The zero-order valence-corrected chi connectivity index (χ0v) is 12.8. The number of aliphatic carboxylic acids is 1. The Morgan fingerprint density at radius 2 is 2.00 bits per heavy atom. The average molecular weight is 310 g/mol. The molecule has 0 fully saturated rings. The number of hydrogen-bond donors (Lipinski definition) is 1. The van der Waals surface area contributed by atoms with Gasteiger partial charge in [0, 0.05) is 19.0 Å². The van der Waals surface area contributed by atoms with Crippen LogP contribution in [0.2, 0.25) is 0 Å². The molecule has 6 nitrogen and oxygen atoms in total. The Labute approximate surface area is 124 Å². The van der Waals surface area contributed by atoms with E-state index in [9.17, 15) is 13.2 Å². The maximum Gasteiger partial charge on any atom is 0.303 e. The highest BCUT2D eigenvalue weighted by Crippen LogP contribution is 2.22. The summed E-state index contributed by atoms with van der Waals surface area (Å²) in [7, 11) is -3.82. The Bertz CT molecular complexity index is 647. The van der Waals surface area contributed by atoms with Gasteiger partial charge in [-0.1, -0.05) is 12.1 Å². The van der Waals surface area contributed by atoms with Gasteiger partial charge in [-0.25, -0.2) is 8.42 Å². The molecule has 0 aromatic heterocycles. The van der Waals surface area contributed by atoms with Crippen molar-refractivity contribution in [3.8, 4) is 6.07 Å². The molecule has 0 unspecified atom stereocenters. The van der Waals surface area contributed by atoms with Crippen LogP contribution < -0.4 is 0 Å². The van der Waals surface area contributed by atoms with Gasteiger partial charge in [0.15, 0.2) is 0 Å². The molecule has 0 saturated carbocycles. The maximum atomic E-state index is 12.7. The summed E-state index contributed by atoms with van der Waals surface area (Å²) in [5.74, 6) is -0.964. The lowest BCUT2D eigenvalue weighted by Gasteiger charge is -2.26. The first kappa shape index (κ1) is 17.1. The summed E-state index contributed by atoms with van der Waals surface area (Å²) in [6, 6.07) is 7.54. The monoisotopic (exact) mass is 310 g/mol. The van der Waals surface area contributed by atoms with E-state index in [1.165, 1.54) is 16.4 Å². The number of hydrogen-bond acceptors (Lipinski definition) is 4. The minimum Gasteiger partial charge on any atom is -0.481 e. The molecule has 7 heteroatoms. The Kier molecular flexibility index (Phi) is 5.88. The van der Waals surface area contributed by atoms with Gasteiger partial charge in [-0.2, -0.15) is 9.57 Å². The topological polar surface area (TPSA) is 98.5 Å². The number of nitrogens with zero attached hydrogens (tertiary/aromatic N) is 2. The number of sulfonamides is 1. The Balaban J connectivity index is 3.11. The van der Waals surface area contributed by atoms with Crippen LogP contribution in [0.5, 0.6) is 0 Å². The van der Waals surface area contributed by atoms with Crippen LogP contribution in [0.1, 0.15) is 32.3 Å². The molecule has 0 heterocycles. The first-order chi connectivity index (χ1) is 9.80. The van der Waals surface area contributed by atoms with Crippen molar-refractivity contribution in [3.63, 3.8) is 0 Å². The molecule has 0 amide bonds. The van der Waals surface area contributed by atoms with Gasteiger partial charge in [0.25, 0.3) is 0 Å². The van der Waals surface area contributed by atoms with Crippen LogP contribution in [0.3, 0.4) is 0 Å². The van der Waals surface area contributed by atoms with Gasteiger partial charge in [-0.15, -0.1) is 0 Å². The van der Waals surface area contributed by atoms with Crippen LogP contribution in [0, 0.1) is 11.3 Å². The molecule has 1 aromatic carbocycles. The molecule has 0 atom stereocenters. The van der Waals surface area contributed by atoms with E-state index in [4.69, 9.17) is 10.4 Å². The van der Waals surface area contributed by atoms with E-state index in [-0.39, 0.29) is 35.9 Å². The molecule has 114 valence electrons. The van der Waals surface area contributed by atoms with E-state index in [1.54, 1.807) is 26.0 Å². The Hall–Kier alpha value is -1.91. The smallest absolute Gasteiger partial charge is 0.303 e. The van der Waals surface area contributed by atoms with Crippen molar-refractivity contribution in [3.05, 3.63) is 29.8 Å². The van der Waals surface area contributed by atoms with E-state index in [2.05, 4.69) is 0 Å². The zero-order valence-electron chi connectivity index (χ0n) is 12.0. The third-order valence-corrected chi connectivity index (χ3v) is 5.07. The second-order valence-electron chi connectivity index (χ2n) is 4.81. The minimum absolute atomic E-state index is 0.0449. The standard InChI is InChI=1S/C14H18N2O4S/c1-11(2)16(9-5-8-14(17)18)21(19,20)13-7-4-3-6-12(13)10-15/h3-4,6-7,11H,5,8-9H2,1-2H3,(H,17,18). The van der Waals surface area contributed by atoms with E-state index in [1.807, 2.05) is 6.07 Å². The molecule has 21 heavy (non-hydrogen) atoms. The first-order valence-electron chi connectivity index (χ1n) is 6.53. The lowest BCUT2D eigenvalue weighted by atomic mass is 10.2. The molecule has 1 N–H and O–H groups in total. The van der Waals surface area contributed by atoms with Crippen molar-refractivity contribution in [2.45, 2.75) is 37.6 Å². The molecule has 0 radical (unpaired) electrons. The molecule has 0 saturated heterocycles. The predicted octanol–water partition coefficient (Wildman–Crippen LogP) is 1.82. The molecular weight excluding hydrogens is 292 g/mol. The SMILES string of the molecule is CC(C)N(CCCC(=O)O)S(=O)(=O)c1ccccc1C#N. The number of carboxylic acids is 1. The van der Waals surface area contributed by atoms with Gasteiger partial charge in [0.05, 0.1) is 10.5 Å². The molecule has 0 bridgehead atoms. The third-order valence-electron chi connectivity index (χ3n) is 2.94. The number of carboxylic acid groups (broad SMARTS) is 1. The molecular formula is C14H18N2O4S. The van der Waals surface area contributed by atoms with E-state index < -0.39 is 16.0 Å². The summed E-state index contributed by atoms with van der Waals surface area (Å²) in [5, 5.41) is 17.7. The van der Waals surface area contributed by atoms with Gasteiger partial charge >= 0.3 is 5.97 Å². The number of nitriles is 1. The zero-order chi connectivity index (χ0) is 16.0. The van der Waals surface area contributed by atoms with Gasteiger partial charge in [-0.3, -0.25) is 4.79 Å². The number of rotatable bonds is 7. The van der Waals surface area contributed by atoms with Gasteiger partial charge in [0.1, 0.15) is 6.07 Å². The highest BCUT2D eigenvalue weighted by molar-refractivity contribution is 7.89. The first-order valence-corrected chi connectivity index (χ1v) is 7.97. The summed E-state index contributed by atoms with van der Waals surface area (Å²) in [5.41, 5.74) is 0.0846. The normalized spacial score (nSPS) is 11.6. The van der Waals surface area contributed by atoms with Crippen molar-refractivity contribution >= 4 is 16.0 Å². The van der Waals surface area contributed by atoms with Crippen LogP contribution >= 0.6 is 0 Å². The Morgan fingerprint density at radius 3 is 2.52 bits per heavy atom. The van der Waals surface area contributed by atoms with Crippen molar-refractivity contribution in [2.24, 2.45) is 0 Å². The fraction of sp³-hybridized carbons (Fsp3) is 0.429. The van der Waals surface area contributed by atoms with Crippen LogP contribution in [0.15, 0.2) is 29.2 Å². The van der Waals surface area contributed by atoms with Gasteiger partial charge in [-0.05, 0) is 32.4 Å². The second kappa shape index (κ2) is 7.20. The maximum absolute atomic E-state index is 12.7. The average Bonchev–Trinajstić information content (AvgIpc) is 2.42. The summed E-state index contributed by atoms with van der Waals surface area (Å²) in [6.45, 7) is 3.53. The lowest BCUT2D eigenvalue weighted by molar-refractivity contribution is -0.137. The summed E-state index contributed by atoms with van der Waals surface area (Å²) < 4.78 is 26.5. The molecule has 1 rings (SSSR count). The van der Waals surface area contributed by atoms with Crippen molar-refractivity contribution < 1.29 is 18.3 Å². The largest absolute Gasteiger partial charge is 0.481 e.